The van der Waals surface area contributed by atoms with E-state index in [1.165, 1.54) is 6.21 Å². The predicted molar refractivity (Wildman–Crippen MR) is 104 cm³/mol. The Bertz CT molecular complexity index is 892. The number of aliphatic imine (C=N–C) groups is 1. The molecule has 0 aliphatic carbocycles. The number of para-hydroxylation sites is 1. The molecule has 2 N–H and O–H groups in total. The zero-order chi connectivity index (χ0) is 18.6. The van der Waals surface area contributed by atoms with E-state index in [9.17, 15) is 14.7 Å². The number of benzene rings is 1. The fraction of sp³-hybridized carbons (Fsp3) is 0.389. The highest BCUT2D eigenvalue weighted by molar-refractivity contribution is 8.00. The van der Waals surface area contributed by atoms with Crippen LogP contribution in [0.1, 0.15) is 31.9 Å². The van der Waals surface area contributed by atoms with Crippen molar-refractivity contribution in [1.82, 2.24) is 9.55 Å². The maximum Gasteiger partial charge on any atom is 0.335 e. The maximum atomic E-state index is 12.2. The van der Waals surface area contributed by atoms with Crippen LogP contribution in [0.2, 0.25) is 0 Å². The van der Waals surface area contributed by atoms with Crippen molar-refractivity contribution in [2.75, 3.05) is 12.3 Å². The van der Waals surface area contributed by atoms with Gasteiger partial charge in [-0.05, 0) is 18.6 Å². The summed E-state index contributed by atoms with van der Waals surface area (Å²) in [6.45, 7) is 8.70. The Morgan fingerprint density at radius 3 is 2.60 bits per heavy atom. The summed E-state index contributed by atoms with van der Waals surface area (Å²) in [4.78, 5) is 30.6. The number of nitrogens with zero attached hydrogens (tertiary/aromatic N) is 2. The number of H-pyrrole nitrogens is 1. The van der Waals surface area contributed by atoms with Crippen molar-refractivity contribution in [3.63, 3.8) is 0 Å². The van der Waals surface area contributed by atoms with Crippen LogP contribution >= 0.6 is 11.8 Å². The van der Waals surface area contributed by atoms with Crippen LogP contribution in [0.25, 0.3) is 5.69 Å². The first-order valence-corrected chi connectivity index (χ1v) is 8.97. The highest BCUT2D eigenvalue weighted by Crippen LogP contribution is 2.22. The number of hydrogen-bond donors (Lipinski definition) is 2. The van der Waals surface area contributed by atoms with Crippen molar-refractivity contribution < 1.29 is 5.11 Å². The molecule has 0 bridgehead atoms. The molecule has 0 saturated carbocycles. The normalized spacial score (nSPS) is 12.0. The quantitative estimate of drug-likeness (QED) is 0.633. The molecule has 0 atom stereocenters. The van der Waals surface area contributed by atoms with Gasteiger partial charge in [0.1, 0.15) is 5.56 Å². The molecule has 0 aliphatic heterocycles. The first-order valence-electron chi connectivity index (χ1n) is 7.99. The number of nitrogens with one attached hydrogen (secondary N) is 1. The molecule has 0 unspecified atom stereocenters. The van der Waals surface area contributed by atoms with E-state index in [1.807, 2.05) is 19.1 Å². The number of aromatic amines is 1. The van der Waals surface area contributed by atoms with Gasteiger partial charge >= 0.3 is 5.69 Å². The second-order valence-electron chi connectivity index (χ2n) is 6.61. The fourth-order valence-electron chi connectivity index (χ4n) is 2.25. The lowest BCUT2D eigenvalue weighted by molar-refractivity contribution is 0.430. The van der Waals surface area contributed by atoms with E-state index >= 15 is 0 Å². The molecule has 7 heteroatoms. The van der Waals surface area contributed by atoms with Gasteiger partial charge in [0, 0.05) is 23.3 Å². The van der Waals surface area contributed by atoms with Gasteiger partial charge in [0.25, 0.3) is 5.56 Å². The number of rotatable bonds is 5. The van der Waals surface area contributed by atoms with Gasteiger partial charge in [-0.2, -0.15) is 11.8 Å². The molecule has 2 aromatic rings. The Hall–Kier alpha value is -2.28. The summed E-state index contributed by atoms with van der Waals surface area (Å²) in [5.74, 6) is 0.395. The van der Waals surface area contributed by atoms with Gasteiger partial charge in [0.05, 0.1) is 5.69 Å². The third kappa shape index (κ3) is 4.85. The molecule has 0 saturated heterocycles. The summed E-state index contributed by atoms with van der Waals surface area (Å²) in [6, 6.07) is 7.12. The minimum atomic E-state index is -0.683. The summed E-state index contributed by atoms with van der Waals surface area (Å²) >= 11 is 1.76. The van der Waals surface area contributed by atoms with E-state index in [-0.39, 0.29) is 10.3 Å². The minimum absolute atomic E-state index is 0.0244. The lowest BCUT2D eigenvalue weighted by Crippen LogP contribution is -2.31. The van der Waals surface area contributed by atoms with Gasteiger partial charge in [0.15, 0.2) is 0 Å². The van der Waals surface area contributed by atoms with Gasteiger partial charge in [-0.25, -0.2) is 9.36 Å². The SMILES string of the molecule is Cc1ccccc1-n1c(O)c(C=NCCSC(C)(C)C)c(=O)[nH]c1=O. The Morgan fingerprint density at radius 1 is 1.28 bits per heavy atom. The number of hydrogen-bond acceptors (Lipinski definition) is 5. The van der Waals surface area contributed by atoms with E-state index in [2.05, 4.69) is 30.7 Å². The van der Waals surface area contributed by atoms with Crippen LogP contribution < -0.4 is 11.2 Å². The van der Waals surface area contributed by atoms with Crippen LogP contribution in [-0.4, -0.2) is 37.9 Å². The van der Waals surface area contributed by atoms with Crippen molar-refractivity contribution in [3.8, 4) is 11.6 Å². The molecule has 1 aromatic carbocycles. The lowest BCUT2D eigenvalue weighted by atomic mass is 10.2. The van der Waals surface area contributed by atoms with E-state index < -0.39 is 17.1 Å². The standard InChI is InChI=1S/C18H23N3O3S/c1-12-7-5-6-8-14(12)21-16(23)13(15(22)20-17(21)24)11-19-9-10-25-18(2,3)4/h5-8,11,23H,9-10H2,1-4H3,(H,20,22,24). The average Bonchev–Trinajstić information content (AvgIpc) is 2.50. The second kappa shape index (κ2) is 7.74. The molecule has 134 valence electrons. The zero-order valence-corrected chi connectivity index (χ0v) is 15.7. The maximum absolute atomic E-state index is 12.2. The van der Waals surface area contributed by atoms with Crippen LogP contribution in [0.4, 0.5) is 0 Å². The van der Waals surface area contributed by atoms with E-state index in [4.69, 9.17) is 0 Å². The summed E-state index contributed by atoms with van der Waals surface area (Å²) in [7, 11) is 0. The second-order valence-corrected chi connectivity index (χ2v) is 8.54. The Morgan fingerprint density at radius 2 is 1.96 bits per heavy atom. The molecule has 2 rings (SSSR count). The Kier molecular flexibility index (Phi) is 5.89. The number of aryl methyl sites for hydroxylation is 1. The Balaban J connectivity index is 2.35. The number of aromatic nitrogens is 2. The predicted octanol–water partition coefficient (Wildman–Crippen LogP) is 2.49. The minimum Gasteiger partial charge on any atom is -0.493 e. The molecule has 0 radical (unpaired) electrons. The van der Waals surface area contributed by atoms with Crippen molar-refractivity contribution in [2.24, 2.45) is 4.99 Å². The molecular weight excluding hydrogens is 338 g/mol. The lowest BCUT2D eigenvalue weighted by Gasteiger charge is -2.16. The summed E-state index contributed by atoms with van der Waals surface area (Å²) < 4.78 is 1.23. The largest absolute Gasteiger partial charge is 0.493 e. The van der Waals surface area contributed by atoms with E-state index in [1.54, 1.807) is 23.9 Å². The molecule has 6 nitrogen and oxygen atoms in total. The van der Waals surface area contributed by atoms with Gasteiger partial charge in [-0.1, -0.05) is 39.0 Å². The summed E-state index contributed by atoms with van der Waals surface area (Å²) in [5.41, 5.74) is -0.0454. The zero-order valence-electron chi connectivity index (χ0n) is 14.9. The van der Waals surface area contributed by atoms with Gasteiger partial charge in [-0.3, -0.25) is 14.8 Å². The van der Waals surface area contributed by atoms with E-state index in [0.717, 1.165) is 15.9 Å². The summed E-state index contributed by atoms with van der Waals surface area (Å²) in [6.07, 6.45) is 1.32. The number of aromatic hydroxyl groups is 1. The first kappa shape index (κ1) is 19.1. The molecule has 0 amide bonds. The molecule has 1 heterocycles. The topological polar surface area (TPSA) is 87.4 Å². The molecular formula is C18H23N3O3S. The van der Waals surface area contributed by atoms with Gasteiger partial charge < -0.3 is 5.11 Å². The van der Waals surface area contributed by atoms with E-state index in [0.29, 0.717) is 12.2 Å². The summed E-state index contributed by atoms with van der Waals surface area (Å²) in [5, 5.41) is 10.5. The molecule has 1 aromatic heterocycles. The molecule has 0 aliphatic rings. The van der Waals surface area contributed by atoms with Crippen molar-refractivity contribution in [3.05, 3.63) is 56.2 Å². The molecule has 0 fully saturated rings. The highest BCUT2D eigenvalue weighted by Gasteiger charge is 2.15. The third-order valence-corrected chi connectivity index (χ3v) is 4.71. The van der Waals surface area contributed by atoms with Crippen LogP contribution in [0.3, 0.4) is 0 Å². The first-order chi connectivity index (χ1) is 11.7. The monoisotopic (exact) mass is 361 g/mol. The van der Waals surface area contributed by atoms with Crippen molar-refractivity contribution in [2.45, 2.75) is 32.4 Å². The van der Waals surface area contributed by atoms with Crippen LogP contribution in [0, 0.1) is 6.92 Å². The third-order valence-electron chi connectivity index (χ3n) is 3.45. The van der Waals surface area contributed by atoms with Crippen molar-refractivity contribution >= 4 is 18.0 Å². The molecule has 25 heavy (non-hydrogen) atoms. The van der Waals surface area contributed by atoms with Crippen molar-refractivity contribution in [1.29, 1.82) is 0 Å². The van der Waals surface area contributed by atoms with Crippen LogP contribution in [-0.2, 0) is 0 Å². The van der Waals surface area contributed by atoms with Crippen LogP contribution in [0.5, 0.6) is 5.88 Å². The van der Waals surface area contributed by atoms with Crippen LogP contribution in [0.15, 0.2) is 38.8 Å². The Labute approximate surface area is 150 Å². The van der Waals surface area contributed by atoms with Gasteiger partial charge in [0.2, 0.25) is 5.88 Å². The van der Waals surface area contributed by atoms with Gasteiger partial charge in [-0.15, -0.1) is 0 Å². The average molecular weight is 361 g/mol. The smallest absolute Gasteiger partial charge is 0.335 e. The molecule has 0 spiro atoms. The number of thioether (sulfide) groups is 1. The fourth-order valence-corrected chi connectivity index (χ4v) is 3.06. The highest BCUT2D eigenvalue weighted by atomic mass is 32.2.